The molecule has 3 nitrogen and oxygen atoms in total. The predicted molar refractivity (Wildman–Crippen MR) is 59.6 cm³/mol. The zero-order chi connectivity index (χ0) is 10.7. The molecule has 78 valence electrons. The monoisotopic (exact) mass is 222 g/mol. The van der Waals surface area contributed by atoms with Crippen LogP contribution in [0.5, 0.6) is 11.5 Å². The van der Waals surface area contributed by atoms with Crippen LogP contribution in [-0.4, -0.2) is 17.7 Å². The van der Waals surface area contributed by atoms with E-state index in [0.717, 1.165) is 0 Å². The molecule has 0 aromatic heterocycles. The number of carbonyl (C=O) groups is 1. The number of hydrogen-bond acceptors (Lipinski definition) is 4. The minimum absolute atomic E-state index is 0.0215. The smallest absolute Gasteiger partial charge is 0.231 e. The van der Waals surface area contributed by atoms with Crippen molar-refractivity contribution in [1.29, 1.82) is 0 Å². The molecule has 0 atom stereocenters. The average molecular weight is 222 g/mol. The van der Waals surface area contributed by atoms with Crippen LogP contribution in [0.4, 0.5) is 0 Å². The van der Waals surface area contributed by atoms with Gasteiger partial charge in [0.25, 0.3) is 0 Å². The highest BCUT2D eigenvalue weighted by Gasteiger charge is 2.15. The highest BCUT2D eigenvalue weighted by Crippen LogP contribution is 2.33. The number of hydrogen-bond donors (Lipinski definition) is 0. The zero-order valence-corrected chi connectivity index (χ0v) is 8.88. The van der Waals surface area contributed by atoms with Gasteiger partial charge in [-0.25, -0.2) is 0 Å². The first kappa shape index (κ1) is 10.1. The van der Waals surface area contributed by atoms with Crippen molar-refractivity contribution in [1.82, 2.24) is 0 Å². The van der Waals surface area contributed by atoms with Gasteiger partial charge in [-0.1, -0.05) is 17.8 Å². The quantitative estimate of drug-likeness (QED) is 0.736. The van der Waals surface area contributed by atoms with Gasteiger partial charge in [-0.3, -0.25) is 4.79 Å². The largest absolute Gasteiger partial charge is 0.454 e. The standard InChI is InChI=1S/C11H10O3S/c1-2-5-15-11(12)8-3-4-9-10(6-8)14-7-13-9/h2-4,6H,1,5,7H2. The van der Waals surface area contributed by atoms with Crippen LogP contribution in [-0.2, 0) is 0 Å². The summed E-state index contributed by atoms with van der Waals surface area (Å²) >= 11 is 1.22. The summed E-state index contributed by atoms with van der Waals surface area (Å²) in [4.78, 5) is 11.6. The van der Waals surface area contributed by atoms with Gasteiger partial charge in [-0.05, 0) is 18.2 Å². The van der Waals surface area contributed by atoms with Gasteiger partial charge in [-0.2, -0.15) is 0 Å². The van der Waals surface area contributed by atoms with Crippen molar-refractivity contribution >= 4 is 16.9 Å². The Morgan fingerprint density at radius 1 is 1.47 bits per heavy atom. The van der Waals surface area contributed by atoms with Crippen molar-refractivity contribution in [3.8, 4) is 11.5 Å². The third-order valence-electron chi connectivity index (χ3n) is 1.94. The van der Waals surface area contributed by atoms with Crippen molar-refractivity contribution in [2.75, 3.05) is 12.5 Å². The van der Waals surface area contributed by atoms with Crippen LogP contribution >= 0.6 is 11.8 Å². The number of ether oxygens (including phenoxy) is 2. The lowest BCUT2D eigenvalue weighted by Crippen LogP contribution is -1.94. The Morgan fingerprint density at radius 2 is 2.27 bits per heavy atom. The summed E-state index contributed by atoms with van der Waals surface area (Å²) in [5.41, 5.74) is 0.631. The second kappa shape index (κ2) is 4.40. The topological polar surface area (TPSA) is 35.5 Å². The summed E-state index contributed by atoms with van der Waals surface area (Å²) in [6.45, 7) is 3.80. The molecule has 15 heavy (non-hydrogen) atoms. The van der Waals surface area contributed by atoms with Crippen LogP contribution in [0.25, 0.3) is 0 Å². The summed E-state index contributed by atoms with van der Waals surface area (Å²) in [6, 6.07) is 5.21. The van der Waals surface area contributed by atoms with E-state index in [1.165, 1.54) is 11.8 Å². The van der Waals surface area contributed by atoms with Crippen molar-refractivity contribution in [2.45, 2.75) is 0 Å². The number of rotatable bonds is 3. The molecule has 1 aromatic carbocycles. The first-order valence-corrected chi connectivity index (χ1v) is 5.47. The van der Waals surface area contributed by atoms with E-state index in [4.69, 9.17) is 9.47 Å². The molecule has 0 fully saturated rings. The van der Waals surface area contributed by atoms with Crippen molar-refractivity contribution < 1.29 is 14.3 Å². The van der Waals surface area contributed by atoms with E-state index in [-0.39, 0.29) is 11.9 Å². The number of fused-ring (bicyclic) bond motifs is 1. The fraction of sp³-hybridized carbons (Fsp3) is 0.182. The van der Waals surface area contributed by atoms with Gasteiger partial charge >= 0.3 is 0 Å². The van der Waals surface area contributed by atoms with Crippen LogP contribution in [0.3, 0.4) is 0 Å². The van der Waals surface area contributed by atoms with E-state index < -0.39 is 0 Å². The van der Waals surface area contributed by atoms with E-state index in [1.54, 1.807) is 24.3 Å². The lowest BCUT2D eigenvalue weighted by Gasteiger charge is -2.00. The average Bonchev–Trinajstić information content (AvgIpc) is 2.72. The van der Waals surface area contributed by atoms with Crippen molar-refractivity contribution in [2.24, 2.45) is 0 Å². The molecule has 1 heterocycles. The van der Waals surface area contributed by atoms with E-state index >= 15 is 0 Å². The van der Waals surface area contributed by atoms with Crippen LogP contribution < -0.4 is 9.47 Å². The van der Waals surface area contributed by atoms with Crippen molar-refractivity contribution in [3.05, 3.63) is 36.4 Å². The SMILES string of the molecule is C=CCSC(=O)c1ccc2c(c1)OCO2. The predicted octanol–water partition coefficient (Wildman–Crippen LogP) is 2.47. The molecule has 2 rings (SSSR count). The molecule has 0 unspecified atom stereocenters. The Labute approximate surface area is 92.1 Å². The molecule has 0 N–H and O–H groups in total. The molecule has 1 aliphatic rings. The van der Waals surface area contributed by atoms with Gasteiger partial charge in [0, 0.05) is 11.3 Å². The number of thioether (sulfide) groups is 1. The molecule has 0 spiro atoms. The van der Waals surface area contributed by atoms with Crippen LogP contribution in [0.2, 0.25) is 0 Å². The minimum Gasteiger partial charge on any atom is -0.454 e. The maximum absolute atomic E-state index is 11.6. The van der Waals surface area contributed by atoms with Gasteiger partial charge in [0.1, 0.15) is 0 Å². The second-order valence-electron chi connectivity index (χ2n) is 2.96. The third kappa shape index (κ3) is 2.15. The van der Waals surface area contributed by atoms with Crippen LogP contribution in [0.15, 0.2) is 30.9 Å². The maximum Gasteiger partial charge on any atom is 0.231 e. The summed E-state index contributed by atoms with van der Waals surface area (Å²) in [6.07, 6.45) is 1.70. The summed E-state index contributed by atoms with van der Waals surface area (Å²) < 4.78 is 10.3. The van der Waals surface area contributed by atoms with Crippen LogP contribution in [0, 0.1) is 0 Å². The summed E-state index contributed by atoms with van der Waals surface area (Å²) in [5.74, 6) is 1.95. The molecule has 0 amide bonds. The molecule has 0 aliphatic carbocycles. The molecule has 1 aliphatic heterocycles. The van der Waals surface area contributed by atoms with Gasteiger partial charge in [-0.15, -0.1) is 6.58 Å². The molecular weight excluding hydrogens is 212 g/mol. The Hall–Kier alpha value is -1.42. The second-order valence-corrected chi connectivity index (χ2v) is 3.95. The Bertz CT molecular complexity index is 401. The van der Waals surface area contributed by atoms with Gasteiger partial charge < -0.3 is 9.47 Å². The lowest BCUT2D eigenvalue weighted by atomic mass is 10.2. The molecule has 0 saturated heterocycles. The highest BCUT2D eigenvalue weighted by molar-refractivity contribution is 8.14. The van der Waals surface area contributed by atoms with Gasteiger partial charge in [0.15, 0.2) is 11.5 Å². The fourth-order valence-corrected chi connectivity index (χ4v) is 1.80. The molecule has 4 heteroatoms. The highest BCUT2D eigenvalue weighted by atomic mass is 32.2. The summed E-state index contributed by atoms with van der Waals surface area (Å²) in [7, 11) is 0. The van der Waals surface area contributed by atoms with E-state index in [0.29, 0.717) is 22.8 Å². The maximum atomic E-state index is 11.6. The minimum atomic E-state index is 0.0215. The van der Waals surface area contributed by atoms with E-state index in [2.05, 4.69) is 6.58 Å². The normalized spacial score (nSPS) is 12.5. The number of benzene rings is 1. The van der Waals surface area contributed by atoms with Crippen LogP contribution in [0.1, 0.15) is 10.4 Å². The summed E-state index contributed by atoms with van der Waals surface area (Å²) in [5, 5.41) is 0.0215. The molecule has 0 saturated carbocycles. The number of carbonyl (C=O) groups excluding carboxylic acids is 1. The van der Waals surface area contributed by atoms with Gasteiger partial charge in [0.2, 0.25) is 11.9 Å². The fourth-order valence-electron chi connectivity index (χ4n) is 1.24. The molecular formula is C11H10O3S. The Kier molecular flexibility index (Phi) is 2.97. The Morgan fingerprint density at radius 3 is 3.07 bits per heavy atom. The van der Waals surface area contributed by atoms with Gasteiger partial charge in [0.05, 0.1) is 0 Å². The molecule has 0 radical (unpaired) electrons. The van der Waals surface area contributed by atoms with E-state index in [9.17, 15) is 4.79 Å². The third-order valence-corrected chi connectivity index (χ3v) is 2.84. The first-order chi connectivity index (χ1) is 7.31. The zero-order valence-electron chi connectivity index (χ0n) is 8.06. The molecule has 1 aromatic rings. The van der Waals surface area contributed by atoms with E-state index in [1.807, 2.05) is 0 Å². The molecule has 0 bridgehead atoms. The first-order valence-electron chi connectivity index (χ1n) is 4.49. The lowest BCUT2D eigenvalue weighted by molar-refractivity contribution is 0.108. The van der Waals surface area contributed by atoms with Crippen molar-refractivity contribution in [3.63, 3.8) is 0 Å². The Balaban J connectivity index is 2.15.